The monoisotopic (exact) mass is 279 g/mol. The molecule has 2 aromatic rings. The molecule has 1 aliphatic heterocycles. The predicted molar refractivity (Wildman–Crippen MR) is 76.6 cm³/mol. The number of rotatable bonds is 4. The van der Waals surface area contributed by atoms with Gasteiger partial charge in [0.2, 0.25) is 4.96 Å². The molecule has 6 heteroatoms. The number of likely N-dealkylation sites (N-methyl/N-ethyl adjacent to an activating group) is 1. The van der Waals surface area contributed by atoms with E-state index in [1.807, 2.05) is 4.52 Å². The molecular formula is C13H21N5S. The van der Waals surface area contributed by atoms with E-state index in [0.29, 0.717) is 6.04 Å². The molecule has 0 amide bonds. The van der Waals surface area contributed by atoms with Crippen LogP contribution >= 0.6 is 11.3 Å². The Morgan fingerprint density at radius 1 is 1.32 bits per heavy atom. The van der Waals surface area contributed by atoms with Crippen molar-refractivity contribution >= 4 is 16.3 Å². The van der Waals surface area contributed by atoms with E-state index in [1.165, 1.54) is 30.8 Å². The van der Waals surface area contributed by atoms with Crippen molar-refractivity contribution in [3.63, 3.8) is 0 Å². The Bertz CT molecular complexity index is 546. The van der Waals surface area contributed by atoms with Gasteiger partial charge < -0.3 is 4.90 Å². The Labute approximate surface area is 117 Å². The smallest absolute Gasteiger partial charge is 0.234 e. The van der Waals surface area contributed by atoms with Crippen LogP contribution in [0.2, 0.25) is 0 Å². The van der Waals surface area contributed by atoms with E-state index in [2.05, 4.69) is 29.1 Å². The molecule has 0 aliphatic carbocycles. The molecule has 0 spiro atoms. The first-order valence-corrected chi connectivity index (χ1v) is 8.00. The maximum atomic E-state index is 4.70. The van der Waals surface area contributed by atoms with E-state index in [0.717, 1.165) is 30.0 Å². The van der Waals surface area contributed by atoms with Crippen LogP contribution in [0, 0.1) is 0 Å². The molecule has 0 aromatic carbocycles. The molecule has 19 heavy (non-hydrogen) atoms. The zero-order chi connectivity index (χ0) is 13.2. The number of fused-ring (bicyclic) bond motifs is 1. The fourth-order valence-corrected chi connectivity index (χ4v) is 3.69. The van der Waals surface area contributed by atoms with Crippen LogP contribution in [0.1, 0.15) is 43.4 Å². The average molecular weight is 279 g/mol. The van der Waals surface area contributed by atoms with Crippen molar-refractivity contribution in [2.75, 3.05) is 13.6 Å². The first kappa shape index (κ1) is 13.0. The molecule has 1 unspecified atom stereocenters. The van der Waals surface area contributed by atoms with Gasteiger partial charge in [-0.25, -0.2) is 0 Å². The van der Waals surface area contributed by atoms with Crippen molar-refractivity contribution in [2.24, 2.45) is 0 Å². The van der Waals surface area contributed by atoms with Crippen LogP contribution in [0.4, 0.5) is 0 Å². The molecule has 0 bridgehead atoms. The van der Waals surface area contributed by atoms with Gasteiger partial charge in [0, 0.05) is 18.9 Å². The second-order valence-corrected chi connectivity index (χ2v) is 6.43. The van der Waals surface area contributed by atoms with E-state index in [-0.39, 0.29) is 0 Å². The van der Waals surface area contributed by atoms with E-state index in [1.54, 1.807) is 11.3 Å². The summed E-state index contributed by atoms with van der Waals surface area (Å²) in [5.74, 6) is 0.997. The zero-order valence-electron chi connectivity index (χ0n) is 11.7. The van der Waals surface area contributed by atoms with Crippen LogP contribution < -0.4 is 0 Å². The summed E-state index contributed by atoms with van der Waals surface area (Å²) in [6.45, 7) is 3.38. The molecule has 3 heterocycles. The van der Waals surface area contributed by atoms with E-state index < -0.39 is 0 Å². The fraction of sp³-hybridized carbons (Fsp3) is 0.769. The molecule has 0 N–H and O–H groups in total. The minimum absolute atomic E-state index is 0.646. The number of likely N-dealkylation sites (tertiary alicyclic amines) is 1. The molecule has 5 nitrogen and oxygen atoms in total. The molecule has 1 aliphatic rings. The van der Waals surface area contributed by atoms with Crippen molar-refractivity contribution in [3.05, 3.63) is 10.8 Å². The van der Waals surface area contributed by atoms with Crippen molar-refractivity contribution in [1.29, 1.82) is 0 Å². The molecular weight excluding hydrogens is 258 g/mol. The lowest BCUT2D eigenvalue weighted by Gasteiger charge is -2.31. The van der Waals surface area contributed by atoms with Crippen molar-refractivity contribution < 1.29 is 0 Å². The SMILES string of the molecule is CCCc1nnc2sc(CC3CCCCN3C)nn12. The normalized spacial score (nSPS) is 21.3. The Balaban J connectivity index is 1.77. The largest absolute Gasteiger partial charge is 0.303 e. The summed E-state index contributed by atoms with van der Waals surface area (Å²) in [5.41, 5.74) is 0. The summed E-state index contributed by atoms with van der Waals surface area (Å²) in [4.78, 5) is 3.41. The third-order valence-electron chi connectivity index (χ3n) is 3.90. The van der Waals surface area contributed by atoms with Crippen LogP contribution in [0.5, 0.6) is 0 Å². The highest BCUT2D eigenvalue weighted by molar-refractivity contribution is 7.16. The Morgan fingerprint density at radius 3 is 3.00 bits per heavy atom. The van der Waals surface area contributed by atoms with Gasteiger partial charge in [0.25, 0.3) is 0 Å². The highest BCUT2D eigenvalue weighted by atomic mass is 32.1. The second-order valence-electron chi connectivity index (χ2n) is 5.39. The summed E-state index contributed by atoms with van der Waals surface area (Å²) in [7, 11) is 2.23. The molecule has 1 saturated heterocycles. The summed E-state index contributed by atoms with van der Waals surface area (Å²) in [5, 5.41) is 14.3. The standard InChI is InChI=1S/C13H21N5S/c1-3-6-11-14-15-13-18(11)16-12(19-13)9-10-7-4-5-8-17(10)2/h10H,3-9H2,1-2H3. The van der Waals surface area contributed by atoms with Crippen molar-refractivity contribution in [3.8, 4) is 0 Å². The minimum atomic E-state index is 0.646. The number of aromatic nitrogens is 4. The van der Waals surface area contributed by atoms with Gasteiger partial charge in [0.05, 0.1) is 0 Å². The lowest BCUT2D eigenvalue weighted by atomic mass is 10.0. The fourth-order valence-electron chi connectivity index (χ4n) is 2.76. The quantitative estimate of drug-likeness (QED) is 0.860. The van der Waals surface area contributed by atoms with Crippen LogP contribution in [-0.4, -0.2) is 44.3 Å². The van der Waals surface area contributed by atoms with E-state index in [4.69, 9.17) is 5.10 Å². The van der Waals surface area contributed by atoms with Gasteiger partial charge in [-0.05, 0) is 32.9 Å². The topological polar surface area (TPSA) is 46.3 Å². The van der Waals surface area contributed by atoms with Gasteiger partial charge in [-0.15, -0.1) is 10.2 Å². The first-order chi connectivity index (χ1) is 9.28. The van der Waals surface area contributed by atoms with Crippen LogP contribution in [-0.2, 0) is 12.8 Å². The molecule has 2 aromatic heterocycles. The molecule has 104 valence electrons. The van der Waals surface area contributed by atoms with E-state index >= 15 is 0 Å². The summed E-state index contributed by atoms with van der Waals surface area (Å²) >= 11 is 1.69. The minimum Gasteiger partial charge on any atom is -0.303 e. The van der Waals surface area contributed by atoms with Gasteiger partial charge in [-0.1, -0.05) is 24.7 Å². The molecule has 0 saturated carbocycles. The summed E-state index contributed by atoms with van der Waals surface area (Å²) in [6, 6.07) is 0.646. The summed E-state index contributed by atoms with van der Waals surface area (Å²) < 4.78 is 1.94. The Kier molecular flexibility index (Phi) is 3.79. The first-order valence-electron chi connectivity index (χ1n) is 7.18. The molecule has 1 fully saturated rings. The number of aryl methyl sites for hydroxylation is 1. The zero-order valence-corrected chi connectivity index (χ0v) is 12.5. The highest BCUT2D eigenvalue weighted by Gasteiger charge is 2.21. The Morgan fingerprint density at radius 2 is 2.21 bits per heavy atom. The molecule has 1 atom stereocenters. The molecule has 0 radical (unpaired) electrons. The number of piperidine rings is 1. The van der Waals surface area contributed by atoms with E-state index in [9.17, 15) is 0 Å². The predicted octanol–water partition coefficient (Wildman–Crippen LogP) is 2.17. The van der Waals surface area contributed by atoms with Gasteiger partial charge in [0.1, 0.15) is 5.01 Å². The number of hydrogen-bond donors (Lipinski definition) is 0. The lowest BCUT2D eigenvalue weighted by molar-refractivity contribution is 0.184. The third-order valence-corrected chi connectivity index (χ3v) is 4.82. The second kappa shape index (κ2) is 5.54. The van der Waals surface area contributed by atoms with Crippen molar-refractivity contribution in [2.45, 2.75) is 51.5 Å². The average Bonchev–Trinajstić information content (AvgIpc) is 2.94. The lowest BCUT2D eigenvalue weighted by Crippen LogP contribution is -2.37. The van der Waals surface area contributed by atoms with Crippen molar-refractivity contribution in [1.82, 2.24) is 24.7 Å². The number of hydrogen-bond acceptors (Lipinski definition) is 5. The molecule has 3 rings (SSSR count). The van der Waals surface area contributed by atoms with Gasteiger partial charge in [0.15, 0.2) is 5.82 Å². The maximum Gasteiger partial charge on any atom is 0.234 e. The van der Waals surface area contributed by atoms with Crippen LogP contribution in [0.15, 0.2) is 0 Å². The van der Waals surface area contributed by atoms with Crippen LogP contribution in [0.3, 0.4) is 0 Å². The number of nitrogens with zero attached hydrogens (tertiary/aromatic N) is 5. The highest BCUT2D eigenvalue weighted by Crippen LogP contribution is 2.22. The van der Waals surface area contributed by atoms with Gasteiger partial charge in [-0.3, -0.25) is 0 Å². The van der Waals surface area contributed by atoms with Crippen LogP contribution in [0.25, 0.3) is 4.96 Å². The third kappa shape index (κ3) is 2.65. The summed E-state index contributed by atoms with van der Waals surface area (Å²) in [6.07, 6.45) is 7.06. The Hall–Kier alpha value is -1.01. The van der Waals surface area contributed by atoms with Gasteiger partial charge in [-0.2, -0.15) is 9.61 Å². The van der Waals surface area contributed by atoms with Gasteiger partial charge >= 0.3 is 0 Å². The maximum absolute atomic E-state index is 4.70.